The van der Waals surface area contributed by atoms with Gasteiger partial charge in [-0.1, -0.05) is 245 Å². The summed E-state index contributed by atoms with van der Waals surface area (Å²) >= 11 is 0. The molecule has 0 bridgehead atoms. The Morgan fingerprint density at radius 3 is 1.08 bits per heavy atom. The fourth-order valence-electron chi connectivity index (χ4n) is 18.3. The highest BCUT2D eigenvalue weighted by Crippen LogP contribution is 2.67. The van der Waals surface area contributed by atoms with Gasteiger partial charge in [0.05, 0.1) is 23.1 Å². The molecular formula is C95H83N3. The Morgan fingerprint density at radius 2 is 0.643 bits per heavy atom. The molecular weight excluding hydrogens is 1180 g/mol. The second kappa shape index (κ2) is 21.3. The average molecular weight is 1270 g/mol. The largest absolute Gasteiger partial charge is 0.334 e. The van der Waals surface area contributed by atoms with E-state index in [1.54, 1.807) is 0 Å². The SMILES string of the molecule is CC1=CC=CC(N(c2ccc(-c3ccc4c(c3)C(C)(C)c3ccccc3-4)cc2)c2ccc(-c3cc4c5c(c3)C(C)(C)c3cc(-c6ccc(N(c7ccc(-c8ccc9c(c8)C(C)(C)c8ccccc8-9)cc7)c7cccc(C)c7)cc6)cc6c3N5c3c(cccc3C4(C)C)C6(C)C)cc2)C1. The number of hydrogen-bond acceptors (Lipinski definition) is 3. The van der Waals surface area contributed by atoms with Crippen molar-refractivity contribution < 1.29 is 0 Å². The van der Waals surface area contributed by atoms with Gasteiger partial charge >= 0.3 is 0 Å². The molecule has 0 fully saturated rings. The quantitative estimate of drug-likeness (QED) is 0.135. The third-order valence-electron chi connectivity index (χ3n) is 23.8. The monoisotopic (exact) mass is 1270 g/mol. The van der Waals surface area contributed by atoms with Gasteiger partial charge in [0.25, 0.3) is 0 Å². The lowest BCUT2D eigenvalue weighted by atomic mass is 9.60. The molecule has 3 heteroatoms. The summed E-state index contributed by atoms with van der Waals surface area (Å²) in [5.74, 6) is 0. The van der Waals surface area contributed by atoms with Crippen molar-refractivity contribution in [3.05, 3.63) is 334 Å². The number of rotatable bonds is 10. The summed E-state index contributed by atoms with van der Waals surface area (Å²) in [6.07, 6.45) is 7.84. The van der Waals surface area contributed by atoms with Gasteiger partial charge in [-0.15, -0.1) is 0 Å². The minimum atomic E-state index is -0.357. The van der Waals surface area contributed by atoms with E-state index in [1.807, 2.05) is 0 Å². The van der Waals surface area contributed by atoms with Crippen LogP contribution in [0.4, 0.5) is 45.5 Å². The van der Waals surface area contributed by atoms with Crippen LogP contribution in [0.3, 0.4) is 0 Å². The van der Waals surface area contributed by atoms with Gasteiger partial charge in [0.2, 0.25) is 0 Å². The van der Waals surface area contributed by atoms with Crippen LogP contribution >= 0.6 is 0 Å². The Balaban J connectivity index is 0.696. The molecule has 0 aromatic heterocycles. The standard InChI is InChI=1S/C95H83N3/c1-58-20-17-22-72(50-58)96(68-40-30-60(31-41-68)64-38-48-76-74-24-13-15-26-78(74)91(3,4)82(76)52-64)70-44-34-62(35-45-70)66-54-84-89-86(56-66)95(11,12)87-57-67(55-85-90(87)98(89)88-80(93(84,7)8)28-19-29-81(88)94(85,9)10)63-36-46-71(47-37-63)97(73-23-18-21-59(2)51-73)69-42-32-61(33-43-69)65-39-49-77-75-25-14-16-27-79(75)92(5,6)83(77)53-65/h13-50,52-57,73H,51H2,1-12H3. The molecule has 478 valence electrons. The summed E-state index contributed by atoms with van der Waals surface area (Å²) in [4.78, 5) is 7.67. The van der Waals surface area contributed by atoms with Gasteiger partial charge < -0.3 is 14.7 Å². The highest BCUT2D eigenvalue weighted by molar-refractivity contribution is 6.01. The molecule has 0 spiro atoms. The maximum Gasteiger partial charge on any atom is 0.0562 e. The zero-order chi connectivity index (χ0) is 67.1. The summed E-state index contributed by atoms with van der Waals surface area (Å²) in [6.45, 7) is 28.7. The first-order valence-electron chi connectivity index (χ1n) is 35.4. The van der Waals surface area contributed by atoms with Gasteiger partial charge in [-0.05, 0) is 245 Å². The van der Waals surface area contributed by atoms with Crippen molar-refractivity contribution in [2.45, 2.75) is 123 Å². The zero-order valence-electron chi connectivity index (χ0n) is 58.5. The first-order chi connectivity index (χ1) is 47.2. The van der Waals surface area contributed by atoms with Crippen LogP contribution in [0.15, 0.2) is 273 Å². The molecule has 0 radical (unpaired) electrons. The molecule has 1 atom stereocenters. The molecule has 3 heterocycles. The number of nitrogens with zero attached hydrogens (tertiary/aromatic N) is 3. The zero-order valence-corrected chi connectivity index (χ0v) is 58.5. The van der Waals surface area contributed by atoms with Crippen LogP contribution in [0, 0.1) is 6.92 Å². The van der Waals surface area contributed by atoms with Gasteiger partial charge in [0, 0.05) is 55.5 Å². The Morgan fingerprint density at radius 1 is 0.296 bits per heavy atom. The second-order valence-corrected chi connectivity index (χ2v) is 31.5. The van der Waals surface area contributed by atoms with Crippen molar-refractivity contribution >= 4 is 45.5 Å². The Kier molecular flexibility index (Phi) is 13.0. The van der Waals surface area contributed by atoms with Gasteiger partial charge in [0.1, 0.15) is 0 Å². The molecule has 12 aromatic rings. The van der Waals surface area contributed by atoms with Crippen LogP contribution in [-0.2, 0) is 27.1 Å². The minimum absolute atomic E-state index is 0.0529. The lowest BCUT2D eigenvalue weighted by Gasteiger charge is -2.55. The van der Waals surface area contributed by atoms with E-state index in [9.17, 15) is 0 Å². The molecule has 98 heavy (non-hydrogen) atoms. The lowest BCUT2D eigenvalue weighted by Crippen LogP contribution is -2.43. The maximum atomic E-state index is 2.71. The van der Waals surface area contributed by atoms with E-state index >= 15 is 0 Å². The molecule has 3 aliphatic heterocycles. The summed E-state index contributed by atoms with van der Waals surface area (Å²) in [7, 11) is 0. The molecule has 12 aromatic carbocycles. The molecule has 0 saturated heterocycles. The van der Waals surface area contributed by atoms with Crippen LogP contribution in [0.2, 0.25) is 0 Å². The molecule has 18 rings (SSSR count). The molecule has 3 aliphatic carbocycles. The molecule has 3 nitrogen and oxygen atoms in total. The first kappa shape index (κ1) is 60.0. The normalized spacial score (nSPS) is 17.2. The smallest absolute Gasteiger partial charge is 0.0562 e. The average Bonchev–Trinajstić information content (AvgIpc) is 0.848. The van der Waals surface area contributed by atoms with Gasteiger partial charge in [-0.3, -0.25) is 0 Å². The van der Waals surface area contributed by atoms with Crippen LogP contribution in [0.25, 0.3) is 66.8 Å². The van der Waals surface area contributed by atoms with Crippen molar-refractivity contribution in [1.29, 1.82) is 0 Å². The van der Waals surface area contributed by atoms with Crippen molar-refractivity contribution in [3.8, 4) is 66.8 Å². The topological polar surface area (TPSA) is 9.72 Å². The Hall–Kier alpha value is -10.5. The number of para-hydroxylation sites is 1. The molecule has 0 saturated carbocycles. The predicted octanol–water partition coefficient (Wildman–Crippen LogP) is 25.5. The van der Waals surface area contributed by atoms with Gasteiger partial charge in [-0.2, -0.15) is 0 Å². The number of hydrogen-bond donors (Lipinski definition) is 0. The van der Waals surface area contributed by atoms with Crippen LogP contribution in [0.1, 0.15) is 144 Å². The fourth-order valence-corrected chi connectivity index (χ4v) is 18.3. The predicted molar refractivity (Wildman–Crippen MR) is 414 cm³/mol. The molecule has 0 amide bonds. The molecule has 0 N–H and O–H groups in total. The first-order valence-corrected chi connectivity index (χ1v) is 35.4. The maximum absolute atomic E-state index is 2.71. The van der Waals surface area contributed by atoms with E-state index in [1.165, 1.54) is 162 Å². The summed E-state index contributed by atoms with van der Waals surface area (Å²) in [5, 5.41) is 0. The summed E-state index contributed by atoms with van der Waals surface area (Å²) < 4.78 is 0. The van der Waals surface area contributed by atoms with Gasteiger partial charge in [-0.25, -0.2) is 0 Å². The van der Waals surface area contributed by atoms with Gasteiger partial charge in [0.15, 0.2) is 0 Å². The number of fused-ring (bicyclic) bond motifs is 6. The van der Waals surface area contributed by atoms with E-state index in [0.29, 0.717) is 0 Å². The highest BCUT2D eigenvalue weighted by Gasteiger charge is 2.52. The summed E-state index contributed by atoms with van der Waals surface area (Å²) in [5.41, 5.74) is 40.5. The van der Waals surface area contributed by atoms with E-state index in [2.05, 4.69) is 365 Å². The van der Waals surface area contributed by atoms with Crippen molar-refractivity contribution in [1.82, 2.24) is 0 Å². The van der Waals surface area contributed by atoms with E-state index in [0.717, 1.165) is 23.5 Å². The van der Waals surface area contributed by atoms with Crippen LogP contribution in [0.5, 0.6) is 0 Å². The molecule has 1 unspecified atom stereocenters. The summed E-state index contributed by atoms with van der Waals surface area (Å²) in [6, 6.07) is 95.7. The van der Waals surface area contributed by atoms with Crippen LogP contribution < -0.4 is 14.7 Å². The van der Waals surface area contributed by atoms with Crippen molar-refractivity contribution in [2.75, 3.05) is 14.7 Å². The van der Waals surface area contributed by atoms with E-state index in [4.69, 9.17) is 0 Å². The number of benzene rings is 12. The third-order valence-corrected chi connectivity index (χ3v) is 23.8. The van der Waals surface area contributed by atoms with E-state index in [-0.39, 0.29) is 33.1 Å². The van der Waals surface area contributed by atoms with Crippen LogP contribution in [-0.4, -0.2) is 6.04 Å². The minimum Gasteiger partial charge on any atom is -0.334 e. The fraction of sp³-hybridized carbons (Fsp3) is 0.200. The Bertz CT molecular complexity index is 5390. The lowest BCUT2D eigenvalue weighted by molar-refractivity contribution is 0.567. The number of anilines is 8. The number of allylic oxidation sites excluding steroid dienone is 2. The Labute approximate surface area is 579 Å². The second-order valence-electron chi connectivity index (χ2n) is 31.5. The number of aryl methyl sites for hydroxylation is 1. The highest BCUT2D eigenvalue weighted by atomic mass is 15.2. The van der Waals surface area contributed by atoms with E-state index < -0.39 is 0 Å². The molecule has 6 aliphatic rings. The third kappa shape index (κ3) is 8.80. The van der Waals surface area contributed by atoms with Crippen molar-refractivity contribution in [3.63, 3.8) is 0 Å². The van der Waals surface area contributed by atoms with Crippen molar-refractivity contribution in [2.24, 2.45) is 0 Å².